The molecular formula is C15H13NO2. The van der Waals surface area contributed by atoms with E-state index < -0.39 is 6.10 Å². The van der Waals surface area contributed by atoms with E-state index in [2.05, 4.69) is 0 Å². The van der Waals surface area contributed by atoms with Gasteiger partial charge in [0.2, 0.25) is 0 Å². The number of anilines is 1. The molecule has 0 unspecified atom stereocenters. The third-order valence-corrected chi connectivity index (χ3v) is 3.10. The molecule has 2 aromatic carbocycles. The summed E-state index contributed by atoms with van der Waals surface area (Å²) in [6.45, 7) is 0. The summed E-state index contributed by atoms with van der Waals surface area (Å²) in [5.74, 6) is -0.0399. The Morgan fingerprint density at radius 2 is 1.67 bits per heavy atom. The van der Waals surface area contributed by atoms with Crippen LogP contribution < -0.4 is 5.73 Å². The van der Waals surface area contributed by atoms with Gasteiger partial charge in [-0.15, -0.1) is 0 Å². The van der Waals surface area contributed by atoms with Gasteiger partial charge in [0, 0.05) is 11.3 Å². The number of para-hydroxylation sites is 1. The highest BCUT2D eigenvalue weighted by Crippen LogP contribution is 2.40. The van der Waals surface area contributed by atoms with E-state index in [-0.39, 0.29) is 11.9 Å². The second kappa shape index (κ2) is 4.27. The van der Waals surface area contributed by atoms with Gasteiger partial charge in [0.15, 0.2) is 11.9 Å². The lowest BCUT2D eigenvalue weighted by atomic mass is 10.0. The summed E-state index contributed by atoms with van der Waals surface area (Å²) in [6.07, 6.45) is -0.518. The minimum Gasteiger partial charge on any atom is -0.398 e. The molecule has 0 spiro atoms. The van der Waals surface area contributed by atoms with Crippen LogP contribution in [-0.2, 0) is 4.74 Å². The predicted molar refractivity (Wildman–Crippen MR) is 69.2 cm³/mol. The Morgan fingerprint density at radius 1 is 1.00 bits per heavy atom. The standard InChI is InChI=1S/C15H13NO2/c16-12-9-5-4-8-11(12)13(17)15-14(18-15)10-6-2-1-3-7-10/h1-9,14-15H,16H2/t14-,15-/m0/s1. The van der Waals surface area contributed by atoms with Crippen LogP contribution in [0, 0.1) is 0 Å². The van der Waals surface area contributed by atoms with E-state index >= 15 is 0 Å². The van der Waals surface area contributed by atoms with Gasteiger partial charge < -0.3 is 10.5 Å². The van der Waals surface area contributed by atoms with E-state index in [1.54, 1.807) is 12.1 Å². The summed E-state index contributed by atoms with van der Waals surface area (Å²) in [4.78, 5) is 12.2. The quantitative estimate of drug-likeness (QED) is 0.509. The highest BCUT2D eigenvalue weighted by molar-refractivity contribution is 6.05. The van der Waals surface area contributed by atoms with Gasteiger partial charge in [-0.2, -0.15) is 0 Å². The lowest BCUT2D eigenvalue weighted by molar-refractivity contribution is 0.0954. The molecule has 2 atom stereocenters. The van der Waals surface area contributed by atoms with Crippen LogP contribution in [0.1, 0.15) is 22.0 Å². The Labute approximate surface area is 105 Å². The number of nitrogen functional groups attached to an aromatic ring is 1. The van der Waals surface area contributed by atoms with E-state index in [0.29, 0.717) is 11.3 Å². The molecule has 18 heavy (non-hydrogen) atoms. The molecule has 1 aliphatic rings. The zero-order chi connectivity index (χ0) is 12.5. The number of carbonyl (C=O) groups excluding carboxylic acids is 1. The molecule has 2 aromatic rings. The number of ketones is 1. The molecule has 2 N–H and O–H groups in total. The van der Waals surface area contributed by atoms with Crippen molar-refractivity contribution < 1.29 is 9.53 Å². The fraction of sp³-hybridized carbons (Fsp3) is 0.133. The average molecular weight is 239 g/mol. The van der Waals surface area contributed by atoms with Crippen molar-refractivity contribution in [3.05, 3.63) is 65.7 Å². The van der Waals surface area contributed by atoms with Crippen LogP contribution in [0.2, 0.25) is 0 Å². The molecule has 90 valence electrons. The van der Waals surface area contributed by atoms with E-state index in [9.17, 15) is 4.79 Å². The van der Waals surface area contributed by atoms with Crippen LogP contribution in [0.15, 0.2) is 54.6 Å². The van der Waals surface area contributed by atoms with Gasteiger partial charge in [-0.05, 0) is 17.7 Å². The maximum atomic E-state index is 12.2. The van der Waals surface area contributed by atoms with Crippen molar-refractivity contribution >= 4 is 11.5 Å². The monoisotopic (exact) mass is 239 g/mol. The minimum absolute atomic E-state index is 0.0399. The first kappa shape index (κ1) is 11.0. The lowest BCUT2D eigenvalue weighted by Crippen LogP contribution is -2.10. The lowest BCUT2D eigenvalue weighted by Gasteiger charge is -2.01. The van der Waals surface area contributed by atoms with Crippen LogP contribution >= 0.6 is 0 Å². The maximum Gasteiger partial charge on any atom is 0.196 e. The van der Waals surface area contributed by atoms with Crippen molar-refractivity contribution in [3.8, 4) is 0 Å². The van der Waals surface area contributed by atoms with E-state index in [4.69, 9.17) is 10.5 Å². The van der Waals surface area contributed by atoms with Crippen LogP contribution in [0.4, 0.5) is 5.69 Å². The molecular weight excluding hydrogens is 226 g/mol. The van der Waals surface area contributed by atoms with Crippen molar-refractivity contribution in [1.29, 1.82) is 0 Å². The number of Topliss-reactive ketones (excluding diaryl/α,β-unsaturated/α-hetero) is 1. The number of ether oxygens (including phenoxy) is 1. The second-order valence-corrected chi connectivity index (χ2v) is 4.34. The number of hydrogen-bond donors (Lipinski definition) is 1. The van der Waals surface area contributed by atoms with Crippen molar-refractivity contribution in [1.82, 2.24) is 0 Å². The van der Waals surface area contributed by atoms with E-state index in [1.165, 1.54) is 0 Å². The molecule has 0 bridgehead atoms. The number of nitrogens with two attached hydrogens (primary N) is 1. The molecule has 1 saturated heterocycles. The van der Waals surface area contributed by atoms with Crippen LogP contribution in [-0.4, -0.2) is 11.9 Å². The van der Waals surface area contributed by atoms with Gasteiger partial charge in [0.05, 0.1) is 0 Å². The molecule has 0 radical (unpaired) electrons. The van der Waals surface area contributed by atoms with Gasteiger partial charge in [-0.1, -0.05) is 42.5 Å². The third-order valence-electron chi connectivity index (χ3n) is 3.10. The highest BCUT2D eigenvalue weighted by Gasteiger charge is 2.46. The molecule has 0 aliphatic carbocycles. The molecule has 3 rings (SSSR count). The van der Waals surface area contributed by atoms with Crippen molar-refractivity contribution in [2.75, 3.05) is 5.73 Å². The number of benzene rings is 2. The predicted octanol–water partition coefficient (Wildman–Crippen LogP) is 2.59. The van der Waals surface area contributed by atoms with Gasteiger partial charge >= 0.3 is 0 Å². The number of epoxide rings is 1. The van der Waals surface area contributed by atoms with Gasteiger partial charge in [0.1, 0.15) is 6.10 Å². The smallest absolute Gasteiger partial charge is 0.196 e. The Hall–Kier alpha value is -2.13. The highest BCUT2D eigenvalue weighted by atomic mass is 16.6. The molecule has 1 fully saturated rings. The van der Waals surface area contributed by atoms with Crippen LogP contribution in [0.3, 0.4) is 0 Å². The SMILES string of the molecule is Nc1ccccc1C(=O)[C@@H]1O[C@H]1c1ccccc1. The Morgan fingerprint density at radius 3 is 2.39 bits per heavy atom. The number of rotatable bonds is 3. The van der Waals surface area contributed by atoms with E-state index in [0.717, 1.165) is 5.56 Å². The number of hydrogen-bond acceptors (Lipinski definition) is 3. The largest absolute Gasteiger partial charge is 0.398 e. The zero-order valence-electron chi connectivity index (χ0n) is 9.74. The first-order valence-electron chi connectivity index (χ1n) is 5.86. The normalized spacial score (nSPS) is 21.6. The van der Waals surface area contributed by atoms with Crippen molar-refractivity contribution in [2.24, 2.45) is 0 Å². The van der Waals surface area contributed by atoms with Crippen LogP contribution in [0.25, 0.3) is 0 Å². The second-order valence-electron chi connectivity index (χ2n) is 4.34. The third kappa shape index (κ3) is 1.89. The average Bonchev–Trinajstić information content (AvgIpc) is 3.20. The minimum atomic E-state index is -0.392. The molecule has 0 amide bonds. The topological polar surface area (TPSA) is 55.6 Å². The van der Waals surface area contributed by atoms with E-state index in [1.807, 2.05) is 42.5 Å². The number of carbonyl (C=O) groups is 1. The first-order chi connectivity index (χ1) is 8.77. The Bertz CT molecular complexity index is 580. The van der Waals surface area contributed by atoms with Crippen molar-refractivity contribution in [2.45, 2.75) is 12.2 Å². The summed E-state index contributed by atoms with van der Waals surface area (Å²) >= 11 is 0. The molecule has 1 aliphatic heterocycles. The molecule has 0 saturated carbocycles. The molecule has 0 aromatic heterocycles. The summed E-state index contributed by atoms with van der Waals surface area (Å²) < 4.78 is 5.47. The fourth-order valence-electron chi connectivity index (χ4n) is 2.08. The first-order valence-corrected chi connectivity index (χ1v) is 5.86. The van der Waals surface area contributed by atoms with Gasteiger partial charge in [0.25, 0.3) is 0 Å². The van der Waals surface area contributed by atoms with Gasteiger partial charge in [-0.3, -0.25) is 4.79 Å². The van der Waals surface area contributed by atoms with Crippen LogP contribution in [0.5, 0.6) is 0 Å². The summed E-state index contributed by atoms with van der Waals surface area (Å²) in [6, 6.07) is 16.8. The molecule has 1 heterocycles. The maximum absolute atomic E-state index is 12.2. The van der Waals surface area contributed by atoms with Gasteiger partial charge in [-0.25, -0.2) is 0 Å². The zero-order valence-corrected chi connectivity index (χ0v) is 9.74. The Kier molecular flexibility index (Phi) is 2.61. The fourth-order valence-corrected chi connectivity index (χ4v) is 2.08. The summed E-state index contributed by atoms with van der Waals surface area (Å²) in [5, 5.41) is 0. The molecule has 3 heteroatoms. The Balaban J connectivity index is 1.80. The summed E-state index contributed by atoms with van der Waals surface area (Å²) in [7, 11) is 0. The summed E-state index contributed by atoms with van der Waals surface area (Å²) in [5.41, 5.74) is 7.87. The van der Waals surface area contributed by atoms with Crippen molar-refractivity contribution in [3.63, 3.8) is 0 Å². The molecule has 3 nitrogen and oxygen atoms in total.